The highest BCUT2D eigenvalue weighted by molar-refractivity contribution is 5.92. The predicted octanol–water partition coefficient (Wildman–Crippen LogP) is 2.80. The molecule has 1 amide bonds. The number of hydrogen-bond acceptors (Lipinski definition) is 2. The quantitative estimate of drug-likeness (QED) is 0.862. The minimum atomic E-state index is -0.262. The number of amides is 1. The van der Waals surface area contributed by atoms with Gasteiger partial charge in [0.25, 0.3) is 5.91 Å². The van der Waals surface area contributed by atoms with Gasteiger partial charge in [-0.3, -0.25) is 4.79 Å². The normalized spacial score (nSPS) is 11.8. The minimum Gasteiger partial charge on any atom is -0.377 e. The first-order chi connectivity index (χ1) is 10.5. The Morgan fingerprint density at radius 3 is 2.23 bits per heavy atom. The molecule has 2 aromatic rings. The molecule has 1 heterocycles. The lowest BCUT2D eigenvalue weighted by Crippen LogP contribution is -2.44. The zero-order chi connectivity index (χ0) is 16.1. The molecule has 0 aliphatic heterocycles. The minimum absolute atomic E-state index is 0.0214. The van der Waals surface area contributed by atoms with E-state index in [9.17, 15) is 4.79 Å². The highest BCUT2D eigenvalue weighted by atomic mass is 16.2. The number of pyridine rings is 1. The number of nitrogens with one attached hydrogen (secondary N) is 1. The third-order valence-corrected chi connectivity index (χ3v) is 3.81. The smallest absolute Gasteiger partial charge is 0.293 e. The maximum Gasteiger partial charge on any atom is 0.293 e. The Balaban J connectivity index is 2.04. The summed E-state index contributed by atoms with van der Waals surface area (Å²) in [5.74, 6) is -0.0214. The average molecular weight is 298 g/mol. The molecule has 0 aliphatic rings. The van der Waals surface area contributed by atoms with Gasteiger partial charge in [0.05, 0.1) is 0 Å². The Bertz CT molecular complexity index is 618. The van der Waals surface area contributed by atoms with Gasteiger partial charge in [-0.05, 0) is 24.1 Å². The highest BCUT2D eigenvalue weighted by Gasteiger charge is 2.21. The first-order valence-corrected chi connectivity index (χ1v) is 7.59. The van der Waals surface area contributed by atoms with Gasteiger partial charge >= 0.3 is 0 Å². The van der Waals surface area contributed by atoms with Gasteiger partial charge in [-0.15, -0.1) is 0 Å². The summed E-state index contributed by atoms with van der Waals surface area (Å²) in [6, 6.07) is 11.7. The SMILES string of the molecule is CCc1ccc(NC(=O)[C@H](C)[n+]2ccc(N(C)C)cc2)cc1. The van der Waals surface area contributed by atoms with E-state index in [4.69, 9.17) is 0 Å². The maximum absolute atomic E-state index is 12.3. The fourth-order valence-electron chi connectivity index (χ4n) is 2.19. The lowest BCUT2D eigenvalue weighted by atomic mass is 10.1. The van der Waals surface area contributed by atoms with E-state index >= 15 is 0 Å². The topological polar surface area (TPSA) is 36.2 Å². The van der Waals surface area contributed by atoms with Crippen molar-refractivity contribution in [2.24, 2.45) is 0 Å². The summed E-state index contributed by atoms with van der Waals surface area (Å²) in [6.45, 7) is 4.01. The van der Waals surface area contributed by atoms with E-state index in [1.807, 2.05) is 79.3 Å². The molecule has 1 N–H and O–H groups in total. The fraction of sp³-hybridized carbons (Fsp3) is 0.333. The van der Waals surface area contributed by atoms with E-state index in [2.05, 4.69) is 12.2 Å². The van der Waals surface area contributed by atoms with E-state index in [-0.39, 0.29) is 11.9 Å². The number of anilines is 2. The molecule has 1 aromatic heterocycles. The molecule has 116 valence electrons. The molecule has 22 heavy (non-hydrogen) atoms. The van der Waals surface area contributed by atoms with Crippen molar-refractivity contribution in [3.05, 3.63) is 54.4 Å². The summed E-state index contributed by atoms with van der Waals surface area (Å²) in [5.41, 5.74) is 3.21. The monoisotopic (exact) mass is 298 g/mol. The van der Waals surface area contributed by atoms with Gasteiger partial charge in [0.1, 0.15) is 0 Å². The predicted molar refractivity (Wildman–Crippen MR) is 90.1 cm³/mol. The molecule has 0 saturated carbocycles. The first kappa shape index (κ1) is 16.0. The van der Waals surface area contributed by atoms with Crippen LogP contribution in [0.3, 0.4) is 0 Å². The molecule has 4 heteroatoms. The summed E-state index contributed by atoms with van der Waals surface area (Å²) in [7, 11) is 3.99. The molecule has 1 atom stereocenters. The molecule has 0 aliphatic carbocycles. The number of nitrogens with zero attached hydrogens (tertiary/aromatic N) is 2. The first-order valence-electron chi connectivity index (χ1n) is 7.59. The highest BCUT2D eigenvalue weighted by Crippen LogP contribution is 2.12. The second-order valence-corrected chi connectivity index (χ2v) is 5.61. The van der Waals surface area contributed by atoms with Crippen molar-refractivity contribution in [2.45, 2.75) is 26.3 Å². The molecule has 2 rings (SSSR count). The molecular weight excluding hydrogens is 274 g/mol. The summed E-state index contributed by atoms with van der Waals surface area (Å²) >= 11 is 0. The van der Waals surface area contributed by atoms with Crippen molar-refractivity contribution < 1.29 is 9.36 Å². The van der Waals surface area contributed by atoms with Gasteiger partial charge in [0.2, 0.25) is 6.04 Å². The Labute approximate surface area is 132 Å². The number of hydrogen-bond donors (Lipinski definition) is 1. The number of aryl methyl sites for hydroxylation is 1. The largest absolute Gasteiger partial charge is 0.377 e. The third kappa shape index (κ3) is 3.85. The van der Waals surface area contributed by atoms with Crippen molar-refractivity contribution in [3.8, 4) is 0 Å². The van der Waals surface area contributed by atoms with Crippen LogP contribution in [0.4, 0.5) is 11.4 Å². The van der Waals surface area contributed by atoms with Crippen LogP contribution in [0, 0.1) is 0 Å². The molecule has 1 aromatic carbocycles. The van der Waals surface area contributed by atoms with E-state index in [0.29, 0.717) is 0 Å². The van der Waals surface area contributed by atoms with Crippen molar-refractivity contribution in [3.63, 3.8) is 0 Å². The molecule has 0 radical (unpaired) electrons. The average Bonchev–Trinajstić information content (AvgIpc) is 2.55. The van der Waals surface area contributed by atoms with Crippen LogP contribution in [0.1, 0.15) is 25.5 Å². The van der Waals surface area contributed by atoms with Gasteiger partial charge in [-0.25, -0.2) is 0 Å². The molecule has 0 bridgehead atoms. The number of benzene rings is 1. The van der Waals surface area contributed by atoms with Gasteiger partial charge < -0.3 is 10.2 Å². The van der Waals surface area contributed by atoms with E-state index in [1.165, 1.54) is 5.56 Å². The number of rotatable bonds is 5. The number of carbonyl (C=O) groups is 1. The number of aromatic nitrogens is 1. The van der Waals surface area contributed by atoms with Gasteiger partial charge in [-0.1, -0.05) is 19.1 Å². The summed E-state index contributed by atoms with van der Waals surface area (Å²) in [6.07, 6.45) is 4.86. The molecule has 0 unspecified atom stereocenters. The zero-order valence-electron chi connectivity index (χ0n) is 13.7. The second kappa shape index (κ2) is 7.07. The number of carbonyl (C=O) groups excluding carboxylic acids is 1. The van der Waals surface area contributed by atoms with Crippen LogP contribution in [0.2, 0.25) is 0 Å². The Morgan fingerprint density at radius 1 is 1.14 bits per heavy atom. The molecule has 0 spiro atoms. The van der Waals surface area contributed by atoms with Crippen molar-refractivity contribution in [2.75, 3.05) is 24.3 Å². The Morgan fingerprint density at radius 2 is 1.73 bits per heavy atom. The lowest BCUT2D eigenvalue weighted by Gasteiger charge is -2.12. The van der Waals surface area contributed by atoms with Gasteiger partial charge in [-0.2, -0.15) is 4.57 Å². The van der Waals surface area contributed by atoms with Crippen LogP contribution in [0.5, 0.6) is 0 Å². The van der Waals surface area contributed by atoms with Crippen LogP contribution < -0.4 is 14.8 Å². The lowest BCUT2D eigenvalue weighted by molar-refractivity contribution is -0.705. The maximum atomic E-state index is 12.3. The third-order valence-electron chi connectivity index (χ3n) is 3.81. The van der Waals surface area contributed by atoms with Crippen LogP contribution in [0.25, 0.3) is 0 Å². The van der Waals surface area contributed by atoms with Crippen LogP contribution in [-0.2, 0) is 11.2 Å². The van der Waals surface area contributed by atoms with Crippen molar-refractivity contribution >= 4 is 17.3 Å². The van der Waals surface area contributed by atoms with Crippen LogP contribution >= 0.6 is 0 Å². The molecule has 4 nitrogen and oxygen atoms in total. The van der Waals surface area contributed by atoms with Gasteiger partial charge in [0, 0.05) is 44.5 Å². The Kier molecular flexibility index (Phi) is 5.15. The fourth-order valence-corrected chi connectivity index (χ4v) is 2.19. The van der Waals surface area contributed by atoms with Crippen molar-refractivity contribution in [1.29, 1.82) is 0 Å². The standard InChI is InChI=1S/C18H23N3O/c1-5-15-6-8-16(9-7-15)19-18(22)14(2)21-12-10-17(11-13-21)20(3)4/h6-14H,5H2,1-4H3/p+1/t14-/m0/s1. The molecule has 0 fully saturated rings. The van der Waals surface area contributed by atoms with E-state index < -0.39 is 0 Å². The summed E-state index contributed by atoms with van der Waals surface area (Å²) < 4.78 is 1.91. The van der Waals surface area contributed by atoms with E-state index in [1.54, 1.807) is 0 Å². The summed E-state index contributed by atoms with van der Waals surface area (Å²) in [4.78, 5) is 14.4. The zero-order valence-corrected chi connectivity index (χ0v) is 13.7. The second-order valence-electron chi connectivity index (χ2n) is 5.61. The molecule has 0 saturated heterocycles. The van der Waals surface area contributed by atoms with Gasteiger partial charge in [0.15, 0.2) is 12.4 Å². The van der Waals surface area contributed by atoms with Crippen LogP contribution in [0.15, 0.2) is 48.8 Å². The Hall–Kier alpha value is -2.36. The summed E-state index contributed by atoms with van der Waals surface area (Å²) in [5, 5.41) is 2.96. The van der Waals surface area contributed by atoms with Crippen molar-refractivity contribution in [1.82, 2.24) is 0 Å². The van der Waals surface area contributed by atoms with E-state index in [0.717, 1.165) is 17.8 Å². The molecular formula is C18H24N3O+. The van der Waals surface area contributed by atoms with Crippen LogP contribution in [-0.4, -0.2) is 20.0 Å².